The molecule has 2 aromatic rings. The Kier molecular flexibility index (Phi) is 4.20. The fourth-order valence-electron chi connectivity index (χ4n) is 1.53. The smallest absolute Gasteiger partial charge is 0.206 e. The van der Waals surface area contributed by atoms with E-state index in [-0.39, 0.29) is 15.5 Å². The lowest BCUT2D eigenvalue weighted by Crippen LogP contribution is -1.99. The van der Waals surface area contributed by atoms with Crippen molar-refractivity contribution in [2.75, 3.05) is 0 Å². The molecule has 0 spiro atoms. The van der Waals surface area contributed by atoms with Crippen LogP contribution in [0.25, 0.3) is 0 Å². The Balaban J connectivity index is 2.37. The third kappa shape index (κ3) is 3.23. The summed E-state index contributed by atoms with van der Waals surface area (Å²) in [6.45, 7) is 1.85. The van der Waals surface area contributed by atoms with Gasteiger partial charge in [0.1, 0.15) is 5.82 Å². The van der Waals surface area contributed by atoms with E-state index in [2.05, 4.69) is 4.40 Å². The first-order valence-electron chi connectivity index (χ1n) is 5.71. The summed E-state index contributed by atoms with van der Waals surface area (Å²) in [6, 6.07) is 10.3. The largest absolute Gasteiger partial charge is 0.282 e. The Morgan fingerprint density at radius 2 is 1.80 bits per heavy atom. The van der Waals surface area contributed by atoms with E-state index >= 15 is 0 Å². The summed E-state index contributed by atoms with van der Waals surface area (Å²) in [6.07, 6.45) is 0.923. The molecule has 2 aromatic carbocycles. The third-order valence-corrected chi connectivity index (χ3v) is 4.22. The molecule has 104 valence electrons. The van der Waals surface area contributed by atoms with Crippen LogP contribution in [0.5, 0.6) is 0 Å². The molecule has 0 saturated heterocycles. The van der Waals surface area contributed by atoms with Crippen molar-refractivity contribution in [1.82, 2.24) is 0 Å². The van der Waals surface area contributed by atoms with Crippen LogP contribution in [0.1, 0.15) is 11.1 Å². The van der Waals surface area contributed by atoms with Crippen molar-refractivity contribution in [1.29, 1.82) is 0 Å². The van der Waals surface area contributed by atoms with Gasteiger partial charge < -0.3 is 0 Å². The molecule has 0 atom stereocenters. The first-order chi connectivity index (χ1) is 9.40. The number of hydrogen-bond donors (Lipinski definition) is 0. The minimum atomic E-state index is -3.86. The number of rotatable bonds is 3. The molecule has 6 heteroatoms. The Morgan fingerprint density at radius 1 is 1.15 bits per heavy atom. The lowest BCUT2D eigenvalue weighted by Gasteiger charge is -2.01. The normalized spacial score (nSPS) is 11.9. The Labute approximate surface area is 121 Å². The molecule has 0 saturated carbocycles. The second-order valence-corrected chi connectivity index (χ2v) is 6.20. The van der Waals surface area contributed by atoms with Crippen molar-refractivity contribution in [3.8, 4) is 0 Å². The van der Waals surface area contributed by atoms with Crippen LogP contribution in [0.2, 0.25) is 5.02 Å². The van der Waals surface area contributed by atoms with E-state index < -0.39 is 15.8 Å². The van der Waals surface area contributed by atoms with Crippen LogP contribution in [-0.4, -0.2) is 14.6 Å². The SMILES string of the molecule is Cc1ccc(S(=O)(=O)/N=C\c2c(F)cccc2Cl)cc1. The van der Waals surface area contributed by atoms with Crippen LogP contribution in [0.3, 0.4) is 0 Å². The predicted molar refractivity (Wildman–Crippen MR) is 77.4 cm³/mol. The van der Waals surface area contributed by atoms with E-state index in [4.69, 9.17) is 11.6 Å². The quantitative estimate of drug-likeness (QED) is 0.813. The molecular weight excluding hydrogens is 301 g/mol. The standard InChI is InChI=1S/C14H11ClFNO2S/c1-10-5-7-11(8-6-10)20(18,19)17-9-12-13(15)3-2-4-14(12)16/h2-9H,1H3/b17-9-. The van der Waals surface area contributed by atoms with E-state index in [1.807, 2.05) is 6.92 Å². The monoisotopic (exact) mass is 311 g/mol. The Morgan fingerprint density at radius 3 is 2.40 bits per heavy atom. The average molecular weight is 312 g/mol. The lowest BCUT2D eigenvalue weighted by molar-refractivity contribution is 0.598. The molecule has 0 aliphatic rings. The fraction of sp³-hybridized carbons (Fsp3) is 0.0714. The van der Waals surface area contributed by atoms with Crippen LogP contribution in [0, 0.1) is 12.7 Å². The van der Waals surface area contributed by atoms with Gasteiger partial charge in [0.25, 0.3) is 10.0 Å². The fourth-order valence-corrected chi connectivity index (χ4v) is 2.58. The van der Waals surface area contributed by atoms with E-state index in [9.17, 15) is 12.8 Å². The second-order valence-electron chi connectivity index (χ2n) is 4.16. The molecule has 0 aromatic heterocycles. The van der Waals surface area contributed by atoms with E-state index in [0.29, 0.717) is 0 Å². The van der Waals surface area contributed by atoms with Gasteiger partial charge in [-0.1, -0.05) is 35.4 Å². The highest BCUT2D eigenvalue weighted by Crippen LogP contribution is 2.18. The number of aryl methyl sites for hydroxylation is 1. The van der Waals surface area contributed by atoms with Crippen LogP contribution in [0.15, 0.2) is 51.8 Å². The number of hydrogen-bond acceptors (Lipinski definition) is 2. The number of benzene rings is 2. The molecule has 2 rings (SSSR count). The second kappa shape index (κ2) is 5.73. The van der Waals surface area contributed by atoms with Crippen molar-refractivity contribution >= 4 is 27.8 Å². The zero-order chi connectivity index (χ0) is 14.8. The van der Waals surface area contributed by atoms with Gasteiger partial charge in [0, 0.05) is 5.56 Å². The molecule has 0 heterocycles. The minimum absolute atomic E-state index is 0.0480. The molecule has 0 unspecified atom stereocenters. The molecular formula is C14H11ClFNO2S. The van der Waals surface area contributed by atoms with Crippen LogP contribution in [-0.2, 0) is 10.0 Å². The van der Waals surface area contributed by atoms with Gasteiger partial charge >= 0.3 is 0 Å². The van der Waals surface area contributed by atoms with E-state index in [1.165, 1.54) is 30.3 Å². The van der Waals surface area contributed by atoms with Crippen LogP contribution < -0.4 is 0 Å². The number of sulfonamides is 1. The number of nitrogens with zero attached hydrogens (tertiary/aromatic N) is 1. The van der Waals surface area contributed by atoms with Gasteiger partial charge in [0.15, 0.2) is 0 Å². The van der Waals surface area contributed by atoms with E-state index in [1.54, 1.807) is 12.1 Å². The van der Waals surface area contributed by atoms with Crippen LogP contribution >= 0.6 is 11.6 Å². The maximum Gasteiger partial charge on any atom is 0.282 e. The summed E-state index contributed by atoms with van der Waals surface area (Å²) < 4.78 is 40.9. The van der Waals surface area contributed by atoms with Gasteiger partial charge in [0.05, 0.1) is 16.1 Å². The summed E-state index contributed by atoms with van der Waals surface area (Å²) in [5.41, 5.74) is 0.884. The van der Waals surface area contributed by atoms with Gasteiger partial charge in [-0.2, -0.15) is 12.8 Å². The molecule has 0 radical (unpaired) electrons. The molecule has 20 heavy (non-hydrogen) atoms. The highest BCUT2D eigenvalue weighted by Gasteiger charge is 2.12. The highest BCUT2D eigenvalue weighted by atomic mass is 35.5. The highest BCUT2D eigenvalue weighted by molar-refractivity contribution is 7.90. The Hall–Kier alpha value is -1.72. The number of halogens is 2. The van der Waals surface area contributed by atoms with E-state index in [0.717, 1.165) is 11.8 Å². The molecule has 0 fully saturated rings. The Bertz CT molecular complexity index is 735. The van der Waals surface area contributed by atoms with Crippen molar-refractivity contribution in [3.05, 3.63) is 64.4 Å². The van der Waals surface area contributed by atoms with Crippen LogP contribution in [0.4, 0.5) is 4.39 Å². The van der Waals surface area contributed by atoms with Crippen molar-refractivity contribution < 1.29 is 12.8 Å². The molecule has 0 amide bonds. The predicted octanol–water partition coefficient (Wildman–Crippen LogP) is 3.60. The first-order valence-corrected chi connectivity index (χ1v) is 7.53. The average Bonchev–Trinajstić information content (AvgIpc) is 2.38. The summed E-state index contributed by atoms with van der Waals surface area (Å²) in [7, 11) is -3.86. The maximum atomic E-state index is 13.5. The summed E-state index contributed by atoms with van der Waals surface area (Å²) in [5, 5.41) is 0.104. The summed E-state index contributed by atoms with van der Waals surface area (Å²) >= 11 is 5.80. The topological polar surface area (TPSA) is 46.5 Å². The van der Waals surface area contributed by atoms with Gasteiger partial charge in [-0.05, 0) is 31.2 Å². The van der Waals surface area contributed by atoms with Crippen molar-refractivity contribution in [2.45, 2.75) is 11.8 Å². The maximum absolute atomic E-state index is 13.5. The van der Waals surface area contributed by atoms with Gasteiger partial charge in [-0.15, -0.1) is 0 Å². The zero-order valence-corrected chi connectivity index (χ0v) is 12.1. The summed E-state index contributed by atoms with van der Waals surface area (Å²) in [5.74, 6) is -0.625. The van der Waals surface area contributed by atoms with Gasteiger partial charge in [-0.3, -0.25) is 0 Å². The molecule has 0 aliphatic heterocycles. The third-order valence-electron chi connectivity index (χ3n) is 2.64. The van der Waals surface area contributed by atoms with Gasteiger partial charge in [0.2, 0.25) is 0 Å². The van der Waals surface area contributed by atoms with Gasteiger partial charge in [-0.25, -0.2) is 4.39 Å². The summed E-state index contributed by atoms with van der Waals surface area (Å²) in [4.78, 5) is 0.0480. The zero-order valence-electron chi connectivity index (χ0n) is 10.5. The van der Waals surface area contributed by atoms with Crippen molar-refractivity contribution in [2.24, 2.45) is 4.40 Å². The van der Waals surface area contributed by atoms with Crippen molar-refractivity contribution in [3.63, 3.8) is 0 Å². The lowest BCUT2D eigenvalue weighted by atomic mass is 10.2. The molecule has 0 aliphatic carbocycles. The minimum Gasteiger partial charge on any atom is -0.206 e. The molecule has 0 bridgehead atoms. The molecule has 3 nitrogen and oxygen atoms in total. The molecule has 0 N–H and O–H groups in total. The first kappa shape index (κ1) is 14.7.